The smallest absolute Gasteiger partial charge is 1.00 e. The van der Waals surface area contributed by atoms with Gasteiger partial charge in [0.05, 0.1) is 16.2 Å². The molecule has 3 rings (SSSR count). The van der Waals surface area contributed by atoms with E-state index >= 15 is 0 Å². The van der Waals surface area contributed by atoms with Gasteiger partial charge in [-0.2, -0.15) is 8.42 Å². The second-order valence-corrected chi connectivity index (χ2v) is 6.38. The number of ketones is 2. The molecule has 2 aromatic rings. The molecule has 0 unspecified atom stereocenters. The summed E-state index contributed by atoms with van der Waals surface area (Å²) in [5, 5.41) is 11.3. The van der Waals surface area contributed by atoms with Crippen molar-refractivity contribution in [3.8, 4) is 0 Å². The number of hydrogen-bond acceptors (Lipinski definition) is 7. The van der Waals surface area contributed by atoms with Crippen molar-refractivity contribution in [3.05, 3.63) is 62.7 Å². The van der Waals surface area contributed by atoms with Crippen LogP contribution in [-0.4, -0.2) is 29.5 Å². The predicted molar refractivity (Wildman–Crippen MR) is 81.7 cm³/mol. The summed E-state index contributed by atoms with van der Waals surface area (Å²) in [6.45, 7) is 0. The Morgan fingerprint density at radius 1 is 1.08 bits per heavy atom. The second-order valence-electron chi connectivity index (χ2n) is 4.99. The number of hydrogen-bond donors (Lipinski definition) is 2. The standard InChI is InChI=1S/C14H8N2O7S.Na.H/c15-12-9(24(21,22)23)5-8(16(19)20)10-11(12)14(18)7-4-2-1-3-6(7)13(10)17;;/h1-5H,15H2,(H,21,22,23);;/q;+1;-1. The van der Waals surface area contributed by atoms with Gasteiger partial charge >= 0.3 is 29.6 Å². The first kappa shape index (κ1) is 19.2. The first-order chi connectivity index (χ1) is 11.1. The number of nitrogens with zero attached hydrogens (tertiary/aromatic N) is 1. The molecule has 0 saturated heterocycles. The van der Waals surface area contributed by atoms with Crippen molar-refractivity contribution in [2.75, 3.05) is 5.73 Å². The van der Waals surface area contributed by atoms with Crippen LogP contribution in [-0.2, 0) is 10.1 Å². The Bertz CT molecular complexity index is 1070. The molecule has 11 heteroatoms. The SMILES string of the molecule is Nc1c(S(=O)(=O)O)cc([N+](=O)[O-])c2c1C(=O)c1ccccc1C2=O.[H-].[Na+]. The van der Waals surface area contributed by atoms with Crippen LogP contribution in [0.25, 0.3) is 0 Å². The number of nitrogen functional groups attached to an aromatic ring is 1. The maximum atomic E-state index is 12.6. The van der Waals surface area contributed by atoms with E-state index in [4.69, 9.17) is 5.73 Å². The van der Waals surface area contributed by atoms with E-state index in [2.05, 4.69) is 0 Å². The minimum atomic E-state index is -4.93. The third kappa shape index (κ3) is 2.87. The van der Waals surface area contributed by atoms with Crippen molar-refractivity contribution in [1.82, 2.24) is 0 Å². The van der Waals surface area contributed by atoms with Gasteiger partial charge in [0, 0.05) is 17.2 Å². The van der Waals surface area contributed by atoms with E-state index in [-0.39, 0.29) is 42.1 Å². The van der Waals surface area contributed by atoms with Crippen molar-refractivity contribution in [3.63, 3.8) is 0 Å². The van der Waals surface area contributed by atoms with Crippen molar-refractivity contribution >= 4 is 33.1 Å². The maximum absolute atomic E-state index is 12.6. The summed E-state index contributed by atoms with van der Waals surface area (Å²) in [6, 6.07) is 6.09. The summed E-state index contributed by atoms with van der Waals surface area (Å²) in [5.41, 5.74) is 2.73. The number of nitro benzene ring substituents is 1. The molecule has 0 aliphatic heterocycles. The maximum Gasteiger partial charge on any atom is 1.00 e. The van der Waals surface area contributed by atoms with Crippen LogP contribution in [0, 0.1) is 10.1 Å². The van der Waals surface area contributed by atoms with Crippen molar-refractivity contribution in [2.45, 2.75) is 4.90 Å². The van der Waals surface area contributed by atoms with Crippen molar-refractivity contribution in [2.24, 2.45) is 0 Å². The van der Waals surface area contributed by atoms with Crippen LogP contribution in [0.1, 0.15) is 33.3 Å². The molecule has 0 bridgehead atoms. The number of fused-ring (bicyclic) bond motifs is 2. The van der Waals surface area contributed by atoms with Gasteiger partial charge < -0.3 is 7.16 Å². The van der Waals surface area contributed by atoms with Gasteiger partial charge in [0.1, 0.15) is 10.5 Å². The van der Waals surface area contributed by atoms with Crippen LogP contribution in [0.3, 0.4) is 0 Å². The fraction of sp³-hybridized carbons (Fsp3) is 0. The van der Waals surface area contributed by atoms with E-state index in [1.54, 1.807) is 0 Å². The normalized spacial score (nSPS) is 12.8. The zero-order valence-electron chi connectivity index (χ0n) is 13.7. The van der Waals surface area contributed by atoms with Gasteiger partial charge in [0.2, 0.25) is 5.78 Å². The Balaban J connectivity index is 0.00000169. The van der Waals surface area contributed by atoms with Gasteiger partial charge in [0.25, 0.3) is 15.8 Å². The molecule has 0 saturated carbocycles. The first-order valence-corrected chi connectivity index (χ1v) is 7.85. The summed E-state index contributed by atoms with van der Waals surface area (Å²) < 4.78 is 32.0. The number of rotatable bonds is 2. The van der Waals surface area contributed by atoms with Crippen LogP contribution < -0.4 is 35.3 Å². The van der Waals surface area contributed by atoms with E-state index in [0.29, 0.717) is 6.07 Å². The Hall–Kier alpha value is -2.11. The summed E-state index contributed by atoms with van der Waals surface area (Å²) in [4.78, 5) is 34.4. The van der Waals surface area contributed by atoms with E-state index in [9.17, 15) is 32.7 Å². The average Bonchev–Trinajstić information content (AvgIpc) is 2.50. The molecule has 0 aromatic heterocycles. The number of nitro groups is 1. The van der Waals surface area contributed by atoms with Gasteiger partial charge in [0.15, 0.2) is 5.78 Å². The van der Waals surface area contributed by atoms with E-state index in [0.717, 1.165) is 0 Å². The Kier molecular flexibility index (Phi) is 4.86. The molecular formula is C14H9N2NaO7S. The predicted octanol–water partition coefficient (Wildman–Crippen LogP) is -1.68. The van der Waals surface area contributed by atoms with Crippen LogP contribution in [0.15, 0.2) is 35.2 Å². The average molecular weight is 372 g/mol. The summed E-state index contributed by atoms with van der Waals surface area (Å²) in [7, 11) is -4.93. The van der Waals surface area contributed by atoms with E-state index < -0.39 is 54.0 Å². The molecule has 2 aromatic carbocycles. The van der Waals surface area contributed by atoms with Gasteiger partial charge in [-0.3, -0.25) is 24.3 Å². The summed E-state index contributed by atoms with van der Waals surface area (Å²) >= 11 is 0. The Morgan fingerprint density at radius 3 is 2.00 bits per heavy atom. The molecule has 1 aliphatic rings. The fourth-order valence-corrected chi connectivity index (χ4v) is 3.27. The third-order valence-corrected chi connectivity index (χ3v) is 4.55. The van der Waals surface area contributed by atoms with Gasteiger partial charge in [-0.05, 0) is 0 Å². The molecule has 0 atom stereocenters. The molecule has 0 heterocycles. The van der Waals surface area contributed by atoms with Gasteiger partial charge in [-0.15, -0.1) is 0 Å². The molecule has 25 heavy (non-hydrogen) atoms. The Labute approximate surface area is 164 Å². The topological polar surface area (TPSA) is 158 Å². The quantitative estimate of drug-likeness (QED) is 0.177. The van der Waals surface area contributed by atoms with Crippen molar-refractivity contribution in [1.29, 1.82) is 0 Å². The molecule has 0 amide bonds. The number of nitrogens with two attached hydrogens (primary N) is 1. The van der Waals surface area contributed by atoms with Gasteiger partial charge in [-0.25, -0.2) is 0 Å². The molecule has 0 radical (unpaired) electrons. The minimum absolute atomic E-state index is 0. The van der Waals surface area contributed by atoms with Crippen LogP contribution in [0.2, 0.25) is 0 Å². The second kappa shape index (κ2) is 6.32. The number of carbonyl (C=O) groups is 2. The molecule has 1 aliphatic carbocycles. The van der Waals surface area contributed by atoms with Crippen molar-refractivity contribution < 1.29 is 58.5 Å². The van der Waals surface area contributed by atoms with Crippen LogP contribution in [0.4, 0.5) is 11.4 Å². The molecule has 0 fully saturated rings. The van der Waals surface area contributed by atoms with Crippen LogP contribution in [0.5, 0.6) is 0 Å². The van der Waals surface area contributed by atoms with E-state index in [1.165, 1.54) is 24.3 Å². The zero-order valence-corrected chi connectivity index (χ0v) is 15.5. The molecule has 0 spiro atoms. The monoisotopic (exact) mass is 372 g/mol. The summed E-state index contributed by atoms with van der Waals surface area (Å²) in [6.07, 6.45) is 0. The fourth-order valence-electron chi connectivity index (χ4n) is 2.63. The minimum Gasteiger partial charge on any atom is -1.00 e. The van der Waals surface area contributed by atoms with E-state index in [1.807, 2.05) is 0 Å². The number of benzene rings is 2. The molecule has 124 valence electrons. The number of carbonyl (C=O) groups excluding carboxylic acids is 2. The van der Waals surface area contributed by atoms with Gasteiger partial charge in [-0.1, -0.05) is 24.3 Å². The molecule has 3 N–H and O–H groups in total. The third-order valence-electron chi connectivity index (χ3n) is 3.65. The summed E-state index contributed by atoms with van der Waals surface area (Å²) in [5.74, 6) is -1.65. The first-order valence-electron chi connectivity index (χ1n) is 6.41. The Morgan fingerprint density at radius 2 is 1.56 bits per heavy atom. The molecular weight excluding hydrogens is 363 g/mol. The zero-order chi connectivity index (χ0) is 17.8. The number of anilines is 1. The largest absolute Gasteiger partial charge is 1.00 e. The van der Waals surface area contributed by atoms with Crippen LogP contribution >= 0.6 is 0 Å². The molecule has 9 nitrogen and oxygen atoms in total.